The molecule has 6 atom stereocenters. The number of halogens is 6. The molecule has 9 nitrogen and oxygen atoms in total. The van der Waals surface area contributed by atoms with Crippen molar-refractivity contribution in [2.24, 2.45) is 17.8 Å². The lowest BCUT2D eigenvalue weighted by Gasteiger charge is -2.61. The van der Waals surface area contributed by atoms with Crippen LogP contribution in [0.3, 0.4) is 0 Å². The van der Waals surface area contributed by atoms with Crippen molar-refractivity contribution in [3.05, 3.63) is 23.5 Å². The Bertz CT molecular complexity index is 1170. The molecule has 4 fully saturated rings. The van der Waals surface area contributed by atoms with E-state index in [4.69, 9.17) is 4.74 Å². The lowest BCUT2D eigenvalue weighted by atomic mass is 9.51. The van der Waals surface area contributed by atoms with E-state index in [1.54, 1.807) is 13.0 Å². The molecule has 15 heteroatoms. The van der Waals surface area contributed by atoms with Gasteiger partial charge >= 0.3 is 18.3 Å². The highest BCUT2D eigenvalue weighted by atomic mass is 19.4. The van der Waals surface area contributed by atoms with Gasteiger partial charge in [0, 0.05) is 29.8 Å². The zero-order valence-electron chi connectivity index (χ0n) is 18.7. The van der Waals surface area contributed by atoms with E-state index in [1.807, 2.05) is 0 Å². The third-order valence-corrected chi connectivity index (χ3v) is 7.13. The highest BCUT2D eigenvalue weighted by Gasteiger charge is 2.63. The normalized spacial score (nSPS) is 31.4. The summed E-state index contributed by atoms with van der Waals surface area (Å²) in [5.74, 6) is -3.84. The average molecular weight is 520 g/mol. The third kappa shape index (κ3) is 4.55. The molecule has 2 aromatic heterocycles. The quantitative estimate of drug-likeness (QED) is 0.348. The summed E-state index contributed by atoms with van der Waals surface area (Å²) in [7, 11) is 0. The molecule has 2 aromatic rings. The van der Waals surface area contributed by atoms with E-state index in [0.717, 1.165) is 0 Å². The number of alkyl halides is 6. The van der Waals surface area contributed by atoms with Crippen molar-refractivity contribution in [2.45, 2.75) is 62.7 Å². The Hall–Kier alpha value is -3.10. The topological polar surface area (TPSA) is 125 Å². The Kier molecular flexibility index (Phi) is 5.61. The molecule has 4 aliphatic rings. The van der Waals surface area contributed by atoms with E-state index < -0.39 is 53.6 Å². The second-order valence-corrected chi connectivity index (χ2v) is 9.79. The van der Waals surface area contributed by atoms with Crippen molar-refractivity contribution >= 4 is 23.6 Å². The molecule has 0 aliphatic heterocycles. The monoisotopic (exact) mass is 520 g/mol. The van der Waals surface area contributed by atoms with Crippen LogP contribution in [0.4, 0.5) is 43.9 Å². The summed E-state index contributed by atoms with van der Waals surface area (Å²) < 4.78 is 84.1. The maximum atomic E-state index is 13.6. The second kappa shape index (κ2) is 8.21. The Labute approximate surface area is 200 Å². The minimum absolute atomic E-state index is 0.000184. The first-order valence-corrected chi connectivity index (χ1v) is 11.2. The lowest BCUT2D eigenvalue weighted by molar-refractivity contribution is -0.249. The van der Waals surface area contributed by atoms with Crippen LogP contribution in [0.5, 0.6) is 0 Å². The number of nitrogens with zero attached hydrogens (tertiary/aromatic N) is 3. The van der Waals surface area contributed by atoms with Crippen LogP contribution in [0.25, 0.3) is 0 Å². The summed E-state index contributed by atoms with van der Waals surface area (Å²) in [4.78, 5) is 19.3. The molecule has 196 valence electrons. The summed E-state index contributed by atoms with van der Waals surface area (Å²) >= 11 is 0. The predicted molar refractivity (Wildman–Crippen MR) is 111 cm³/mol. The van der Waals surface area contributed by atoms with Crippen molar-refractivity contribution < 1.29 is 41.0 Å². The SMILES string of the molecule is Cc1cc(Nc2cc(C(F)(F)F)nc(NC3C4CC5CC3C(OC(=O)C(F)(F)F)C(O)(C5)C4)n2)n[nH]1. The summed E-state index contributed by atoms with van der Waals surface area (Å²) in [5.41, 5.74) is -2.21. The van der Waals surface area contributed by atoms with Crippen LogP contribution < -0.4 is 10.6 Å². The first kappa shape index (κ1) is 24.6. The lowest BCUT2D eigenvalue weighted by Crippen LogP contribution is -2.68. The fraction of sp³-hybridized carbons (Fsp3) is 0.619. The molecule has 2 heterocycles. The number of aromatic amines is 1. The zero-order chi connectivity index (χ0) is 26.0. The van der Waals surface area contributed by atoms with Crippen molar-refractivity contribution in [1.82, 2.24) is 20.2 Å². The van der Waals surface area contributed by atoms with Gasteiger partial charge in [0.05, 0.1) is 0 Å². The number of ether oxygens (including phenoxy) is 1. The van der Waals surface area contributed by atoms with E-state index in [2.05, 4.69) is 30.8 Å². The van der Waals surface area contributed by atoms with E-state index in [0.29, 0.717) is 24.6 Å². The van der Waals surface area contributed by atoms with E-state index in [-0.39, 0.29) is 36.3 Å². The summed E-state index contributed by atoms with van der Waals surface area (Å²) in [5, 5.41) is 23.1. The summed E-state index contributed by atoms with van der Waals surface area (Å²) in [6.45, 7) is 1.70. The molecule has 4 saturated carbocycles. The molecule has 4 aliphatic carbocycles. The largest absolute Gasteiger partial charge is 0.490 e. The molecular weight excluding hydrogens is 498 g/mol. The van der Waals surface area contributed by atoms with Crippen LogP contribution in [0.15, 0.2) is 12.1 Å². The Morgan fingerprint density at radius 3 is 2.53 bits per heavy atom. The number of carbonyl (C=O) groups excluding carboxylic acids is 1. The second-order valence-electron chi connectivity index (χ2n) is 9.79. The standard InChI is InChI=1S/C21H22F6N6O3/c1-8-2-14(33-32-8)29-13-5-12(20(22,23)24)28-18(30-13)31-15-10-3-9-4-11(15)16(19(35,6-9)7-10)36-17(34)21(25,26)27/h2,5,9-11,15-16,35H,3-4,6-7H2,1H3,(H3,28,29,30,31,32,33). The fourth-order valence-corrected chi connectivity index (χ4v) is 6.00. The number of hydrogen-bond acceptors (Lipinski definition) is 8. The number of H-pyrrole nitrogens is 1. The Morgan fingerprint density at radius 2 is 1.89 bits per heavy atom. The fourth-order valence-electron chi connectivity index (χ4n) is 6.00. The van der Waals surface area contributed by atoms with Crippen LogP contribution in [0.2, 0.25) is 0 Å². The predicted octanol–water partition coefficient (Wildman–Crippen LogP) is 3.71. The van der Waals surface area contributed by atoms with Crippen molar-refractivity contribution in [1.29, 1.82) is 0 Å². The van der Waals surface area contributed by atoms with Gasteiger partial charge in [-0.05, 0) is 44.4 Å². The van der Waals surface area contributed by atoms with Gasteiger partial charge in [-0.25, -0.2) is 9.78 Å². The number of hydrogen-bond donors (Lipinski definition) is 4. The molecule has 0 aromatic carbocycles. The first-order chi connectivity index (χ1) is 16.7. The molecule has 0 amide bonds. The van der Waals surface area contributed by atoms with Gasteiger partial charge < -0.3 is 20.5 Å². The molecular formula is C21H22F6N6O3. The number of aryl methyl sites for hydroxylation is 1. The highest BCUT2D eigenvalue weighted by molar-refractivity contribution is 5.76. The minimum atomic E-state index is -5.25. The summed E-state index contributed by atoms with van der Waals surface area (Å²) in [6.07, 6.45) is -10.3. The Morgan fingerprint density at radius 1 is 1.14 bits per heavy atom. The maximum Gasteiger partial charge on any atom is 0.490 e. The van der Waals surface area contributed by atoms with E-state index in [9.17, 15) is 36.2 Å². The molecule has 6 rings (SSSR count). The first-order valence-electron chi connectivity index (χ1n) is 11.2. The number of carbonyl (C=O) groups is 1. The smallest absolute Gasteiger partial charge is 0.452 e. The minimum Gasteiger partial charge on any atom is -0.452 e. The molecule has 6 unspecified atom stereocenters. The Balaban J connectivity index is 1.44. The molecule has 0 radical (unpaired) electrons. The molecule has 0 spiro atoms. The maximum absolute atomic E-state index is 13.6. The molecule has 36 heavy (non-hydrogen) atoms. The number of nitrogens with one attached hydrogen (secondary N) is 3. The van der Waals surface area contributed by atoms with Gasteiger partial charge in [-0.15, -0.1) is 0 Å². The van der Waals surface area contributed by atoms with Gasteiger partial charge in [-0.1, -0.05) is 0 Å². The number of aromatic nitrogens is 4. The van der Waals surface area contributed by atoms with Crippen molar-refractivity contribution in [2.75, 3.05) is 10.6 Å². The van der Waals surface area contributed by atoms with Gasteiger partial charge in [-0.3, -0.25) is 5.10 Å². The van der Waals surface area contributed by atoms with Gasteiger partial charge in [0.15, 0.2) is 11.5 Å². The third-order valence-electron chi connectivity index (χ3n) is 7.13. The van der Waals surface area contributed by atoms with Crippen LogP contribution in [-0.2, 0) is 15.7 Å². The van der Waals surface area contributed by atoms with Crippen molar-refractivity contribution in [3.8, 4) is 0 Å². The molecule has 4 bridgehead atoms. The van der Waals surface area contributed by atoms with E-state index in [1.165, 1.54) is 0 Å². The van der Waals surface area contributed by atoms with Gasteiger partial charge in [0.2, 0.25) is 5.95 Å². The molecule has 4 N–H and O–H groups in total. The average Bonchev–Trinajstić information content (AvgIpc) is 3.15. The number of rotatable bonds is 5. The summed E-state index contributed by atoms with van der Waals surface area (Å²) in [6, 6.07) is 1.56. The number of esters is 1. The van der Waals surface area contributed by atoms with Gasteiger partial charge in [0.1, 0.15) is 17.5 Å². The van der Waals surface area contributed by atoms with Crippen LogP contribution in [0, 0.1) is 24.7 Å². The highest BCUT2D eigenvalue weighted by Crippen LogP contribution is 2.57. The zero-order valence-corrected chi connectivity index (χ0v) is 18.7. The van der Waals surface area contributed by atoms with Gasteiger partial charge in [0.25, 0.3) is 0 Å². The molecule has 0 saturated heterocycles. The van der Waals surface area contributed by atoms with Gasteiger partial charge in [-0.2, -0.15) is 36.4 Å². The number of aliphatic hydroxyl groups is 1. The van der Waals surface area contributed by atoms with E-state index >= 15 is 0 Å². The van der Waals surface area contributed by atoms with Crippen molar-refractivity contribution in [3.63, 3.8) is 0 Å². The van der Waals surface area contributed by atoms with Crippen LogP contribution >= 0.6 is 0 Å². The van der Waals surface area contributed by atoms with Crippen LogP contribution in [-0.4, -0.2) is 55.2 Å². The number of anilines is 3. The van der Waals surface area contributed by atoms with Crippen LogP contribution in [0.1, 0.15) is 37.1 Å².